The Labute approximate surface area is 243 Å². The highest BCUT2D eigenvalue weighted by Gasteiger charge is 2.31. The summed E-state index contributed by atoms with van der Waals surface area (Å²) in [6.45, 7) is 8.40. The Kier molecular flexibility index (Phi) is 15.9. The number of carbonyl (C=O) groups is 4. The number of rotatable bonds is 19. The van der Waals surface area contributed by atoms with Gasteiger partial charge in [0.1, 0.15) is 13.2 Å². The molecule has 0 spiro atoms. The van der Waals surface area contributed by atoms with Crippen LogP contribution in [0.25, 0.3) is 0 Å². The molecule has 41 heavy (non-hydrogen) atoms. The molecular weight excluding hydrogens is 526 g/mol. The molecule has 226 valence electrons. The fourth-order valence-corrected chi connectivity index (χ4v) is 4.65. The van der Waals surface area contributed by atoms with Gasteiger partial charge in [0.2, 0.25) is 11.8 Å². The summed E-state index contributed by atoms with van der Waals surface area (Å²) >= 11 is 0. The Morgan fingerprint density at radius 1 is 1.10 bits per heavy atom. The molecule has 1 heterocycles. The van der Waals surface area contributed by atoms with Crippen LogP contribution in [0.3, 0.4) is 0 Å². The number of aliphatic hydroxyl groups is 1. The molecule has 0 unspecified atom stereocenters. The second kappa shape index (κ2) is 19.4. The normalized spacial score (nSPS) is 15.8. The zero-order valence-electron chi connectivity index (χ0n) is 23.9. The van der Waals surface area contributed by atoms with Crippen molar-refractivity contribution < 1.29 is 33.8 Å². The lowest BCUT2D eigenvalue weighted by atomic mass is 9.98. The minimum Gasteiger partial charge on any atom is -0.463 e. The van der Waals surface area contributed by atoms with Crippen LogP contribution in [0.2, 0.25) is 0 Å². The van der Waals surface area contributed by atoms with Crippen LogP contribution < -0.4 is 10.6 Å². The number of benzene rings is 1. The van der Waals surface area contributed by atoms with Gasteiger partial charge in [-0.3, -0.25) is 14.4 Å². The second-order valence-electron chi connectivity index (χ2n) is 10.2. The molecule has 3 amide bonds. The van der Waals surface area contributed by atoms with Crippen molar-refractivity contribution in [3.05, 3.63) is 61.2 Å². The van der Waals surface area contributed by atoms with Crippen LogP contribution in [-0.2, 0) is 30.5 Å². The number of unbranched alkanes of at least 4 members (excludes halogenated alkanes) is 1. The monoisotopic (exact) mass is 571 g/mol. The third kappa shape index (κ3) is 13.0. The summed E-state index contributed by atoms with van der Waals surface area (Å²) in [6, 6.07) is 8.73. The van der Waals surface area contributed by atoms with Gasteiger partial charge < -0.3 is 30.1 Å². The summed E-state index contributed by atoms with van der Waals surface area (Å²) in [7, 11) is 0. The molecule has 1 saturated heterocycles. The Morgan fingerprint density at radius 3 is 2.59 bits per heavy atom. The number of hydrogen-bond donors (Lipinski definition) is 3. The van der Waals surface area contributed by atoms with Gasteiger partial charge in [0, 0.05) is 25.9 Å². The van der Waals surface area contributed by atoms with Crippen molar-refractivity contribution in [3.8, 4) is 0 Å². The van der Waals surface area contributed by atoms with Gasteiger partial charge in [-0.15, -0.1) is 13.2 Å². The number of nitrogens with zero attached hydrogens (tertiary/aromatic N) is 1. The molecule has 10 nitrogen and oxygen atoms in total. The number of amides is 3. The third-order valence-electron chi connectivity index (χ3n) is 6.96. The van der Waals surface area contributed by atoms with E-state index < -0.39 is 18.1 Å². The molecule has 10 heteroatoms. The van der Waals surface area contributed by atoms with Gasteiger partial charge in [-0.05, 0) is 50.5 Å². The van der Waals surface area contributed by atoms with Crippen molar-refractivity contribution in [2.24, 2.45) is 5.92 Å². The minimum absolute atomic E-state index is 0.00172. The van der Waals surface area contributed by atoms with Crippen molar-refractivity contribution in [3.63, 3.8) is 0 Å². The topological polar surface area (TPSA) is 134 Å². The second-order valence-corrected chi connectivity index (χ2v) is 10.2. The van der Waals surface area contributed by atoms with Gasteiger partial charge in [-0.2, -0.15) is 0 Å². The maximum absolute atomic E-state index is 13.2. The third-order valence-corrected chi connectivity index (χ3v) is 6.96. The number of alkyl carbamates (subject to hydrolysis) is 1. The molecule has 0 bridgehead atoms. The van der Waals surface area contributed by atoms with Crippen molar-refractivity contribution in [2.75, 3.05) is 26.3 Å². The molecular formula is C31H45N3O7. The average Bonchev–Trinajstić information content (AvgIpc) is 3.47. The van der Waals surface area contributed by atoms with E-state index in [9.17, 15) is 24.3 Å². The lowest BCUT2D eigenvalue weighted by molar-refractivity contribution is -0.145. The lowest BCUT2D eigenvalue weighted by Gasteiger charge is -2.26. The zero-order chi connectivity index (χ0) is 29.9. The van der Waals surface area contributed by atoms with Gasteiger partial charge in [-0.25, -0.2) is 4.79 Å². The van der Waals surface area contributed by atoms with Crippen molar-refractivity contribution in [1.29, 1.82) is 0 Å². The number of esters is 1. The van der Waals surface area contributed by atoms with E-state index in [-0.39, 0.29) is 56.5 Å². The summed E-state index contributed by atoms with van der Waals surface area (Å²) in [5.74, 6) is -1.48. The van der Waals surface area contributed by atoms with E-state index in [4.69, 9.17) is 9.47 Å². The highest BCUT2D eigenvalue weighted by Crippen LogP contribution is 2.21. The van der Waals surface area contributed by atoms with Crippen LogP contribution >= 0.6 is 0 Å². The molecule has 0 aromatic heterocycles. The van der Waals surface area contributed by atoms with E-state index in [1.807, 2.05) is 30.3 Å². The van der Waals surface area contributed by atoms with Crippen LogP contribution in [0, 0.1) is 5.92 Å². The van der Waals surface area contributed by atoms with Crippen LogP contribution in [0.1, 0.15) is 63.4 Å². The molecule has 1 aliphatic rings. The summed E-state index contributed by atoms with van der Waals surface area (Å²) in [4.78, 5) is 51.8. The summed E-state index contributed by atoms with van der Waals surface area (Å²) in [5, 5.41) is 15.2. The quantitative estimate of drug-likeness (QED) is 0.131. The van der Waals surface area contributed by atoms with Crippen molar-refractivity contribution in [2.45, 2.75) is 76.5 Å². The summed E-state index contributed by atoms with van der Waals surface area (Å²) in [6.07, 6.45) is 7.12. The Hall–Kier alpha value is -3.66. The summed E-state index contributed by atoms with van der Waals surface area (Å²) < 4.78 is 10.6. The fraction of sp³-hybridized carbons (Fsp3) is 0.548. The number of aliphatic hydroxyl groups excluding tert-OH is 1. The largest absolute Gasteiger partial charge is 0.463 e. The SMILES string of the molecule is C=CCCC(=O)OC[C@H](CCCCNC(=O)OCc1ccccc1)NC(=O)[C@@H](CC=C)CC(=O)N1CCC[C@H]1CO. The maximum Gasteiger partial charge on any atom is 0.407 e. The molecule has 1 aliphatic heterocycles. The van der Waals surface area contributed by atoms with Gasteiger partial charge in [-0.1, -0.05) is 42.5 Å². The van der Waals surface area contributed by atoms with E-state index in [1.165, 1.54) is 0 Å². The first-order valence-electron chi connectivity index (χ1n) is 14.4. The highest BCUT2D eigenvalue weighted by molar-refractivity contribution is 5.86. The number of likely N-dealkylation sites (tertiary alicyclic amines) is 1. The number of nitrogens with one attached hydrogen (secondary N) is 2. The zero-order valence-corrected chi connectivity index (χ0v) is 23.9. The highest BCUT2D eigenvalue weighted by atomic mass is 16.5. The van der Waals surface area contributed by atoms with E-state index in [0.717, 1.165) is 18.4 Å². The van der Waals surface area contributed by atoms with Crippen LogP contribution in [-0.4, -0.2) is 72.3 Å². The molecule has 0 aliphatic carbocycles. The molecule has 3 N–H and O–H groups in total. The standard InChI is InChI=1S/C31H45N3O7/c1-3-5-17-29(37)40-23-26(15-9-10-18-32-31(39)41-22-24-13-7-6-8-14-24)33-30(38)25(12-4-2)20-28(36)34-19-11-16-27(34)21-35/h3-4,6-8,13-14,25-27,35H,1-2,5,9-12,15-23H2,(H,32,39)(H,33,38)/t25-,26-,27-/m0/s1. The smallest absolute Gasteiger partial charge is 0.407 e. The molecule has 3 atom stereocenters. The number of allylic oxidation sites excluding steroid dienone is 2. The van der Waals surface area contributed by atoms with E-state index in [1.54, 1.807) is 17.1 Å². The molecule has 1 fully saturated rings. The van der Waals surface area contributed by atoms with Gasteiger partial charge in [0.25, 0.3) is 0 Å². The fourth-order valence-electron chi connectivity index (χ4n) is 4.65. The number of ether oxygens (including phenoxy) is 2. The van der Waals surface area contributed by atoms with Gasteiger partial charge >= 0.3 is 12.1 Å². The van der Waals surface area contributed by atoms with E-state index in [2.05, 4.69) is 23.8 Å². The minimum atomic E-state index is -0.625. The Balaban J connectivity index is 1.86. The van der Waals surface area contributed by atoms with Gasteiger partial charge in [0.15, 0.2) is 0 Å². The van der Waals surface area contributed by atoms with Crippen LogP contribution in [0.5, 0.6) is 0 Å². The molecule has 0 saturated carbocycles. The predicted octanol–water partition coefficient (Wildman–Crippen LogP) is 3.64. The van der Waals surface area contributed by atoms with Crippen molar-refractivity contribution >= 4 is 23.9 Å². The lowest BCUT2D eigenvalue weighted by Crippen LogP contribution is -2.44. The number of hydrogen-bond acceptors (Lipinski definition) is 7. The molecule has 1 aromatic rings. The Bertz CT molecular complexity index is 985. The molecule has 0 radical (unpaired) electrons. The summed E-state index contributed by atoms with van der Waals surface area (Å²) in [5.41, 5.74) is 0.897. The van der Waals surface area contributed by atoms with Crippen LogP contribution in [0.4, 0.5) is 4.79 Å². The molecule has 1 aromatic carbocycles. The number of carbonyl (C=O) groups excluding carboxylic acids is 4. The maximum atomic E-state index is 13.2. The first-order chi connectivity index (χ1) is 19.9. The van der Waals surface area contributed by atoms with Gasteiger partial charge in [0.05, 0.1) is 24.6 Å². The Morgan fingerprint density at radius 2 is 1.88 bits per heavy atom. The van der Waals surface area contributed by atoms with E-state index >= 15 is 0 Å². The van der Waals surface area contributed by atoms with Crippen LogP contribution in [0.15, 0.2) is 55.6 Å². The first kappa shape index (κ1) is 33.5. The van der Waals surface area contributed by atoms with Crippen molar-refractivity contribution in [1.82, 2.24) is 15.5 Å². The van der Waals surface area contributed by atoms with E-state index in [0.29, 0.717) is 45.2 Å². The first-order valence-corrected chi connectivity index (χ1v) is 14.4. The predicted molar refractivity (Wildman–Crippen MR) is 156 cm³/mol. The average molecular weight is 572 g/mol. The molecule has 2 rings (SSSR count).